The summed E-state index contributed by atoms with van der Waals surface area (Å²) in [5, 5.41) is 3.82. The fourth-order valence-corrected chi connectivity index (χ4v) is 3.41. The van der Waals surface area contributed by atoms with Gasteiger partial charge in [-0.1, -0.05) is 36.4 Å². The van der Waals surface area contributed by atoms with Gasteiger partial charge < -0.3 is 14.8 Å². The van der Waals surface area contributed by atoms with Gasteiger partial charge in [-0.05, 0) is 42.8 Å². The van der Waals surface area contributed by atoms with Crippen LogP contribution in [0.2, 0.25) is 0 Å². The van der Waals surface area contributed by atoms with Crippen molar-refractivity contribution in [1.29, 1.82) is 0 Å². The van der Waals surface area contributed by atoms with E-state index in [1.807, 2.05) is 67.6 Å². The monoisotopic (exact) mass is 398 g/mol. The number of pyridine rings is 1. The van der Waals surface area contributed by atoms with Gasteiger partial charge in [-0.2, -0.15) is 0 Å². The Labute approximate surface area is 175 Å². The summed E-state index contributed by atoms with van der Waals surface area (Å²) in [6.45, 7) is 1.97. The number of benzene rings is 3. The van der Waals surface area contributed by atoms with E-state index in [1.165, 1.54) is 0 Å². The lowest BCUT2D eigenvalue weighted by atomic mass is 10.0. The van der Waals surface area contributed by atoms with Gasteiger partial charge in [0.1, 0.15) is 11.5 Å². The van der Waals surface area contributed by atoms with Gasteiger partial charge in [-0.15, -0.1) is 0 Å². The third-order valence-electron chi connectivity index (χ3n) is 5.04. The lowest BCUT2D eigenvalue weighted by Gasteiger charge is -2.14. The summed E-state index contributed by atoms with van der Waals surface area (Å²) in [5.74, 6) is 1.13. The number of ether oxygens (including phenoxy) is 2. The molecule has 3 aromatic carbocycles. The van der Waals surface area contributed by atoms with Crippen LogP contribution >= 0.6 is 0 Å². The van der Waals surface area contributed by atoms with Crippen molar-refractivity contribution < 1.29 is 14.3 Å². The first-order valence-corrected chi connectivity index (χ1v) is 9.60. The lowest BCUT2D eigenvalue weighted by Crippen LogP contribution is -2.14. The third-order valence-corrected chi connectivity index (χ3v) is 5.04. The lowest BCUT2D eigenvalue weighted by molar-refractivity contribution is 0.102. The Kier molecular flexibility index (Phi) is 5.35. The highest BCUT2D eigenvalue weighted by molar-refractivity contribution is 6.13. The molecule has 1 amide bonds. The molecule has 0 fully saturated rings. The van der Waals surface area contributed by atoms with Crippen molar-refractivity contribution in [1.82, 2.24) is 4.98 Å². The summed E-state index contributed by atoms with van der Waals surface area (Å²) in [4.78, 5) is 18.0. The van der Waals surface area contributed by atoms with Crippen molar-refractivity contribution in [2.45, 2.75) is 6.92 Å². The SMILES string of the molecule is COc1ccc(-c2cc(C(=O)Nc3ccccc3C)c3ccccc3n2)c(OC)c1. The standard InChI is InChI=1S/C25H22N2O3/c1-16-8-4-6-10-21(16)27-25(28)20-15-23(26-22-11-7-5-9-18(20)22)19-13-12-17(29-2)14-24(19)30-3/h4-15H,1-3H3,(H,27,28). The molecule has 1 aromatic heterocycles. The highest BCUT2D eigenvalue weighted by Crippen LogP contribution is 2.34. The molecule has 0 atom stereocenters. The molecule has 0 saturated carbocycles. The maximum atomic E-state index is 13.2. The van der Waals surface area contributed by atoms with E-state index < -0.39 is 0 Å². The molecule has 5 nitrogen and oxygen atoms in total. The van der Waals surface area contributed by atoms with Crippen molar-refractivity contribution in [3.05, 3.63) is 83.9 Å². The van der Waals surface area contributed by atoms with E-state index in [1.54, 1.807) is 26.4 Å². The quantitative estimate of drug-likeness (QED) is 0.484. The molecular weight excluding hydrogens is 376 g/mol. The Morgan fingerprint density at radius 1 is 0.900 bits per heavy atom. The summed E-state index contributed by atoms with van der Waals surface area (Å²) in [6.07, 6.45) is 0. The molecule has 150 valence electrons. The highest BCUT2D eigenvalue weighted by Gasteiger charge is 2.17. The second-order valence-corrected chi connectivity index (χ2v) is 6.91. The van der Waals surface area contributed by atoms with Crippen LogP contribution in [0.3, 0.4) is 0 Å². The molecule has 1 heterocycles. The van der Waals surface area contributed by atoms with E-state index >= 15 is 0 Å². The molecule has 4 aromatic rings. The van der Waals surface area contributed by atoms with Crippen molar-refractivity contribution in [3.8, 4) is 22.8 Å². The van der Waals surface area contributed by atoms with Gasteiger partial charge in [0.25, 0.3) is 5.91 Å². The average molecular weight is 398 g/mol. The van der Waals surface area contributed by atoms with Gasteiger partial charge >= 0.3 is 0 Å². The molecule has 0 unspecified atom stereocenters. The molecular formula is C25H22N2O3. The normalized spacial score (nSPS) is 10.6. The maximum absolute atomic E-state index is 13.2. The van der Waals surface area contributed by atoms with Gasteiger partial charge in [0.05, 0.1) is 31.0 Å². The molecule has 0 bridgehead atoms. The number of aryl methyl sites for hydroxylation is 1. The molecule has 0 spiro atoms. The van der Waals surface area contributed by atoms with Crippen LogP contribution in [0, 0.1) is 6.92 Å². The Morgan fingerprint density at radius 3 is 2.43 bits per heavy atom. The number of methoxy groups -OCH3 is 2. The third kappa shape index (κ3) is 3.70. The fraction of sp³-hybridized carbons (Fsp3) is 0.120. The fourth-order valence-electron chi connectivity index (χ4n) is 3.41. The first-order chi connectivity index (χ1) is 14.6. The van der Waals surface area contributed by atoms with Crippen LogP contribution in [0.1, 0.15) is 15.9 Å². The van der Waals surface area contributed by atoms with Crippen LogP contribution in [-0.2, 0) is 0 Å². The van der Waals surface area contributed by atoms with Gasteiger partial charge in [-0.25, -0.2) is 4.98 Å². The van der Waals surface area contributed by atoms with Crippen molar-refractivity contribution in [3.63, 3.8) is 0 Å². The molecule has 4 rings (SSSR count). The zero-order valence-electron chi connectivity index (χ0n) is 17.1. The number of carbonyl (C=O) groups excluding carboxylic acids is 1. The van der Waals surface area contributed by atoms with E-state index in [-0.39, 0.29) is 5.91 Å². The van der Waals surface area contributed by atoms with Crippen LogP contribution in [0.25, 0.3) is 22.2 Å². The topological polar surface area (TPSA) is 60.5 Å². The van der Waals surface area contributed by atoms with E-state index in [9.17, 15) is 4.79 Å². The predicted molar refractivity (Wildman–Crippen MR) is 119 cm³/mol. The summed E-state index contributed by atoms with van der Waals surface area (Å²) in [5.41, 5.74) is 4.52. The Bertz CT molecular complexity index is 1230. The minimum absolute atomic E-state index is 0.184. The zero-order valence-corrected chi connectivity index (χ0v) is 17.1. The van der Waals surface area contributed by atoms with Gasteiger partial charge in [0.2, 0.25) is 0 Å². The van der Waals surface area contributed by atoms with Crippen molar-refractivity contribution in [2.75, 3.05) is 19.5 Å². The molecule has 30 heavy (non-hydrogen) atoms. The number of para-hydroxylation sites is 2. The molecule has 0 aliphatic rings. The first kappa shape index (κ1) is 19.5. The number of hydrogen-bond acceptors (Lipinski definition) is 4. The van der Waals surface area contributed by atoms with Crippen molar-refractivity contribution >= 4 is 22.5 Å². The minimum Gasteiger partial charge on any atom is -0.497 e. The number of anilines is 1. The zero-order chi connectivity index (χ0) is 21.1. The first-order valence-electron chi connectivity index (χ1n) is 9.60. The van der Waals surface area contributed by atoms with E-state index in [2.05, 4.69) is 5.32 Å². The molecule has 0 aliphatic carbocycles. The van der Waals surface area contributed by atoms with E-state index in [0.29, 0.717) is 22.8 Å². The number of nitrogens with zero attached hydrogens (tertiary/aromatic N) is 1. The number of aromatic nitrogens is 1. The Hall–Kier alpha value is -3.86. The average Bonchev–Trinajstić information content (AvgIpc) is 2.79. The number of amides is 1. The number of rotatable bonds is 5. The van der Waals surface area contributed by atoms with Gasteiger partial charge in [0, 0.05) is 22.7 Å². The Morgan fingerprint density at radius 2 is 1.67 bits per heavy atom. The van der Waals surface area contributed by atoms with Crippen molar-refractivity contribution in [2.24, 2.45) is 0 Å². The number of fused-ring (bicyclic) bond motifs is 1. The van der Waals surface area contributed by atoms with Crippen LogP contribution in [0.4, 0.5) is 5.69 Å². The molecule has 0 saturated heterocycles. The second-order valence-electron chi connectivity index (χ2n) is 6.91. The maximum Gasteiger partial charge on any atom is 0.256 e. The summed E-state index contributed by atoms with van der Waals surface area (Å²) in [6, 6.07) is 22.7. The summed E-state index contributed by atoms with van der Waals surface area (Å²) >= 11 is 0. The number of hydrogen-bond donors (Lipinski definition) is 1. The molecule has 0 aliphatic heterocycles. The predicted octanol–water partition coefficient (Wildman–Crippen LogP) is 5.48. The molecule has 0 radical (unpaired) electrons. The molecule has 5 heteroatoms. The van der Waals surface area contributed by atoms with Crippen LogP contribution in [0.5, 0.6) is 11.5 Å². The van der Waals surface area contributed by atoms with Gasteiger partial charge in [0.15, 0.2) is 0 Å². The van der Waals surface area contributed by atoms with Crippen LogP contribution in [0.15, 0.2) is 72.8 Å². The summed E-state index contributed by atoms with van der Waals surface area (Å²) < 4.78 is 10.8. The number of carbonyl (C=O) groups is 1. The highest BCUT2D eigenvalue weighted by atomic mass is 16.5. The van der Waals surface area contributed by atoms with Crippen LogP contribution < -0.4 is 14.8 Å². The smallest absolute Gasteiger partial charge is 0.256 e. The summed E-state index contributed by atoms with van der Waals surface area (Å²) in [7, 11) is 3.21. The number of nitrogens with one attached hydrogen (secondary N) is 1. The minimum atomic E-state index is -0.184. The Balaban J connectivity index is 1.85. The van der Waals surface area contributed by atoms with E-state index in [4.69, 9.17) is 14.5 Å². The molecule has 1 N–H and O–H groups in total. The second kappa shape index (κ2) is 8.25. The largest absolute Gasteiger partial charge is 0.497 e. The van der Waals surface area contributed by atoms with E-state index in [0.717, 1.165) is 27.7 Å². The van der Waals surface area contributed by atoms with Gasteiger partial charge in [-0.3, -0.25) is 4.79 Å². The van der Waals surface area contributed by atoms with Crippen LogP contribution in [-0.4, -0.2) is 25.1 Å².